The van der Waals surface area contributed by atoms with Gasteiger partial charge >= 0.3 is 12.1 Å². The summed E-state index contributed by atoms with van der Waals surface area (Å²) in [5.74, 6) is -0.654. The zero-order valence-corrected chi connectivity index (χ0v) is 16.8. The second kappa shape index (κ2) is 9.36. The van der Waals surface area contributed by atoms with Crippen LogP contribution < -0.4 is 0 Å². The van der Waals surface area contributed by atoms with Crippen LogP contribution in [0.4, 0.5) is 4.79 Å². The first-order valence-corrected chi connectivity index (χ1v) is 9.23. The third-order valence-corrected chi connectivity index (χ3v) is 3.96. The molecule has 0 amide bonds. The number of carbonyl (C=O) groups excluding carboxylic acids is 2. The number of aliphatic hydroxyl groups excluding tert-OH is 1. The molecule has 2 rings (SSSR count). The second-order valence-corrected chi connectivity index (χ2v) is 7.44. The first-order valence-electron chi connectivity index (χ1n) is 9.23. The van der Waals surface area contributed by atoms with Crippen LogP contribution in [0, 0.1) is 0 Å². The van der Waals surface area contributed by atoms with Crippen molar-refractivity contribution in [1.29, 1.82) is 0 Å². The number of hydrogen-bond acceptors (Lipinski definition) is 8. The van der Waals surface area contributed by atoms with Gasteiger partial charge in [-0.05, 0) is 46.8 Å². The fourth-order valence-corrected chi connectivity index (χ4v) is 2.69. The molecule has 1 N–H and O–H groups in total. The van der Waals surface area contributed by atoms with Gasteiger partial charge in [0.05, 0.1) is 11.7 Å². The number of hydrogen-bond donors (Lipinski definition) is 1. The summed E-state index contributed by atoms with van der Waals surface area (Å²) in [5.41, 5.74) is -0.476. The van der Waals surface area contributed by atoms with Crippen molar-refractivity contribution < 1.29 is 38.4 Å². The van der Waals surface area contributed by atoms with Crippen LogP contribution in [-0.4, -0.2) is 60.1 Å². The Morgan fingerprint density at radius 2 is 1.75 bits per heavy atom. The summed E-state index contributed by atoms with van der Waals surface area (Å²) in [6.45, 7) is 8.69. The van der Waals surface area contributed by atoms with E-state index in [1.807, 2.05) is 0 Å². The standard InChI is InChI=1S/C20H28O8/c1-6-24-18-16(26-17(22)13-10-8-7-9-11-13)15(14(21)12(2)25-18)27-19(23)28-20(3,4)5/h7-12,14-16,18,21H,6H2,1-5H3/t12-,14-,15+,16+,18-/m0/s1. The second-order valence-electron chi connectivity index (χ2n) is 7.44. The molecule has 28 heavy (non-hydrogen) atoms. The molecule has 0 saturated carbocycles. The number of rotatable bonds is 5. The zero-order valence-electron chi connectivity index (χ0n) is 16.8. The molecule has 0 unspecified atom stereocenters. The van der Waals surface area contributed by atoms with Gasteiger partial charge in [0.1, 0.15) is 11.7 Å². The Hall–Kier alpha value is -2.16. The normalized spacial score (nSPS) is 27.7. The number of benzene rings is 1. The lowest BCUT2D eigenvalue weighted by Gasteiger charge is -2.42. The van der Waals surface area contributed by atoms with Crippen LogP contribution in [0.2, 0.25) is 0 Å². The average molecular weight is 396 g/mol. The zero-order chi connectivity index (χ0) is 20.9. The Morgan fingerprint density at radius 3 is 2.32 bits per heavy atom. The lowest BCUT2D eigenvalue weighted by Crippen LogP contribution is -2.60. The highest BCUT2D eigenvalue weighted by Crippen LogP contribution is 2.28. The number of aliphatic hydroxyl groups is 1. The third-order valence-electron chi connectivity index (χ3n) is 3.96. The van der Waals surface area contributed by atoms with E-state index in [-0.39, 0.29) is 6.61 Å². The Bertz CT molecular complexity index is 654. The quantitative estimate of drug-likeness (QED) is 0.758. The maximum atomic E-state index is 12.5. The minimum absolute atomic E-state index is 0.270. The summed E-state index contributed by atoms with van der Waals surface area (Å²) >= 11 is 0. The van der Waals surface area contributed by atoms with E-state index >= 15 is 0 Å². The van der Waals surface area contributed by atoms with Gasteiger partial charge in [-0.25, -0.2) is 9.59 Å². The van der Waals surface area contributed by atoms with Crippen molar-refractivity contribution in [2.45, 2.75) is 70.9 Å². The maximum absolute atomic E-state index is 12.5. The first-order chi connectivity index (χ1) is 13.1. The van der Waals surface area contributed by atoms with Gasteiger partial charge in [-0.15, -0.1) is 0 Å². The van der Waals surface area contributed by atoms with Gasteiger partial charge in [-0.2, -0.15) is 0 Å². The van der Waals surface area contributed by atoms with Gasteiger partial charge in [-0.1, -0.05) is 18.2 Å². The van der Waals surface area contributed by atoms with Crippen molar-refractivity contribution in [3.05, 3.63) is 35.9 Å². The van der Waals surface area contributed by atoms with Crippen molar-refractivity contribution >= 4 is 12.1 Å². The molecule has 0 radical (unpaired) electrons. The Morgan fingerprint density at radius 1 is 1.11 bits per heavy atom. The van der Waals surface area contributed by atoms with E-state index in [9.17, 15) is 14.7 Å². The van der Waals surface area contributed by atoms with Crippen molar-refractivity contribution in [3.8, 4) is 0 Å². The van der Waals surface area contributed by atoms with Gasteiger partial charge in [0, 0.05) is 6.61 Å². The van der Waals surface area contributed by atoms with Crippen LogP contribution in [0.5, 0.6) is 0 Å². The largest absolute Gasteiger partial charge is 0.509 e. The molecule has 8 nitrogen and oxygen atoms in total. The van der Waals surface area contributed by atoms with Gasteiger partial charge in [0.15, 0.2) is 18.5 Å². The molecular weight excluding hydrogens is 368 g/mol. The van der Waals surface area contributed by atoms with Crippen molar-refractivity contribution in [1.82, 2.24) is 0 Å². The lowest BCUT2D eigenvalue weighted by atomic mass is 9.99. The molecule has 5 atom stereocenters. The van der Waals surface area contributed by atoms with E-state index in [1.54, 1.807) is 65.0 Å². The van der Waals surface area contributed by atoms with Crippen LogP contribution >= 0.6 is 0 Å². The molecule has 1 aliphatic rings. The number of carbonyl (C=O) groups is 2. The predicted molar refractivity (Wildman–Crippen MR) is 98.7 cm³/mol. The average Bonchev–Trinajstić information content (AvgIpc) is 2.61. The summed E-state index contributed by atoms with van der Waals surface area (Å²) < 4.78 is 27.2. The molecule has 1 aromatic rings. The molecule has 1 aliphatic heterocycles. The molecule has 1 heterocycles. The van der Waals surface area contributed by atoms with Crippen LogP contribution in [0.25, 0.3) is 0 Å². The van der Waals surface area contributed by atoms with E-state index in [0.29, 0.717) is 5.56 Å². The van der Waals surface area contributed by atoms with E-state index in [0.717, 1.165) is 0 Å². The van der Waals surface area contributed by atoms with Gasteiger partial charge < -0.3 is 28.8 Å². The third kappa shape index (κ3) is 5.92. The fraction of sp³-hybridized carbons (Fsp3) is 0.600. The highest BCUT2D eigenvalue weighted by molar-refractivity contribution is 5.89. The topological polar surface area (TPSA) is 101 Å². The van der Waals surface area contributed by atoms with Gasteiger partial charge in [0.2, 0.25) is 0 Å². The molecule has 0 bridgehead atoms. The summed E-state index contributed by atoms with van der Waals surface area (Å²) in [6.07, 6.45) is -6.34. The number of esters is 1. The Balaban J connectivity index is 2.24. The van der Waals surface area contributed by atoms with Crippen molar-refractivity contribution in [2.75, 3.05) is 6.61 Å². The van der Waals surface area contributed by atoms with Crippen LogP contribution in [0.15, 0.2) is 30.3 Å². The van der Waals surface area contributed by atoms with Gasteiger partial charge in [0.25, 0.3) is 0 Å². The molecular formula is C20H28O8. The molecule has 1 fully saturated rings. The van der Waals surface area contributed by atoms with Crippen LogP contribution in [0.3, 0.4) is 0 Å². The monoisotopic (exact) mass is 396 g/mol. The van der Waals surface area contributed by atoms with Crippen LogP contribution in [0.1, 0.15) is 45.0 Å². The van der Waals surface area contributed by atoms with E-state index in [1.165, 1.54) is 0 Å². The summed E-state index contributed by atoms with van der Waals surface area (Å²) in [6, 6.07) is 8.33. The molecule has 0 spiro atoms. The summed E-state index contributed by atoms with van der Waals surface area (Å²) in [5, 5.41) is 10.5. The molecule has 1 saturated heterocycles. The molecule has 0 aliphatic carbocycles. The van der Waals surface area contributed by atoms with E-state index < -0.39 is 48.4 Å². The fourth-order valence-electron chi connectivity index (χ4n) is 2.69. The minimum atomic E-state index is -1.24. The molecule has 0 aromatic heterocycles. The van der Waals surface area contributed by atoms with Crippen LogP contribution in [-0.2, 0) is 23.7 Å². The highest BCUT2D eigenvalue weighted by Gasteiger charge is 2.49. The van der Waals surface area contributed by atoms with Crippen molar-refractivity contribution in [3.63, 3.8) is 0 Å². The maximum Gasteiger partial charge on any atom is 0.509 e. The molecule has 8 heteroatoms. The Labute approximate surface area is 164 Å². The Kier molecular flexibility index (Phi) is 7.40. The highest BCUT2D eigenvalue weighted by atomic mass is 16.8. The smallest absolute Gasteiger partial charge is 0.449 e. The van der Waals surface area contributed by atoms with Gasteiger partial charge in [-0.3, -0.25) is 0 Å². The minimum Gasteiger partial charge on any atom is -0.449 e. The SMILES string of the molecule is CCO[C@H]1O[C@@H](C)[C@H](O)[C@@H](OC(=O)OC(C)(C)C)[C@H]1OC(=O)c1ccccc1. The molecule has 156 valence electrons. The first kappa shape index (κ1) is 22.1. The summed E-state index contributed by atoms with van der Waals surface area (Å²) in [4.78, 5) is 24.7. The predicted octanol–water partition coefficient (Wildman–Crippen LogP) is 2.67. The molecule has 1 aromatic carbocycles. The summed E-state index contributed by atoms with van der Waals surface area (Å²) in [7, 11) is 0. The lowest BCUT2D eigenvalue weighted by molar-refractivity contribution is -0.292. The van der Waals surface area contributed by atoms with E-state index in [2.05, 4.69) is 0 Å². The van der Waals surface area contributed by atoms with Crippen molar-refractivity contribution in [2.24, 2.45) is 0 Å². The van der Waals surface area contributed by atoms with E-state index in [4.69, 9.17) is 23.7 Å². The number of ether oxygens (including phenoxy) is 5.